The van der Waals surface area contributed by atoms with Crippen molar-refractivity contribution in [2.24, 2.45) is 23.7 Å². The Morgan fingerprint density at radius 3 is 2.40 bits per heavy atom. The van der Waals surface area contributed by atoms with Gasteiger partial charge < -0.3 is 0 Å². The quantitative estimate of drug-likeness (QED) is 0.736. The summed E-state index contributed by atoms with van der Waals surface area (Å²) in [7, 11) is 0. The fourth-order valence-electron chi connectivity index (χ4n) is 5.01. The minimum Gasteiger partial charge on any atom is -0.291 e. The van der Waals surface area contributed by atoms with Gasteiger partial charge in [-0.25, -0.2) is 0 Å². The molecule has 1 heterocycles. The lowest BCUT2D eigenvalue weighted by Gasteiger charge is -2.44. The summed E-state index contributed by atoms with van der Waals surface area (Å²) in [6.07, 6.45) is 6.91. The van der Waals surface area contributed by atoms with Crippen molar-refractivity contribution >= 4 is 11.6 Å². The van der Waals surface area contributed by atoms with Gasteiger partial charge in [0.15, 0.2) is 0 Å². The van der Waals surface area contributed by atoms with Crippen molar-refractivity contribution in [2.75, 3.05) is 0 Å². The Morgan fingerprint density at radius 1 is 0.900 bits per heavy atom. The molecule has 0 aromatic carbocycles. The van der Waals surface area contributed by atoms with Gasteiger partial charge in [-0.05, 0) is 49.7 Å². The molecule has 3 saturated carbocycles. The van der Waals surface area contributed by atoms with Crippen LogP contribution in [0.1, 0.15) is 43.7 Å². The second-order valence-electron chi connectivity index (χ2n) is 6.55. The predicted molar refractivity (Wildman–Crippen MR) is 74.0 cm³/mol. The molecule has 0 bridgehead atoms. The molecule has 5 unspecified atom stereocenters. The number of ketones is 2. The van der Waals surface area contributed by atoms with Crippen molar-refractivity contribution in [1.29, 1.82) is 0 Å². The van der Waals surface area contributed by atoms with E-state index in [0.717, 1.165) is 37.8 Å². The number of hydrogen-bond acceptors (Lipinski definition) is 3. The maximum atomic E-state index is 12.2. The molecule has 1 aromatic heterocycles. The molecule has 5 atom stereocenters. The van der Waals surface area contributed by atoms with Crippen molar-refractivity contribution in [3.05, 3.63) is 30.1 Å². The summed E-state index contributed by atoms with van der Waals surface area (Å²) in [4.78, 5) is 28.9. The largest absolute Gasteiger partial charge is 0.291 e. The van der Waals surface area contributed by atoms with Crippen molar-refractivity contribution < 1.29 is 9.59 Å². The zero-order chi connectivity index (χ0) is 13.7. The van der Waals surface area contributed by atoms with Crippen molar-refractivity contribution in [3.63, 3.8) is 0 Å². The minimum absolute atomic E-state index is 0.0257. The zero-order valence-corrected chi connectivity index (χ0v) is 11.5. The van der Waals surface area contributed by atoms with Gasteiger partial charge >= 0.3 is 0 Å². The molecule has 3 fully saturated rings. The van der Waals surface area contributed by atoms with E-state index in [1.54, 1.807) is 0 Å². The summed E-state index contributed by atoms with van der Waals surface area (Å²) in [6, 6.07) is 6.09. The molecule has 104 valence electrons. The van der Waals surface area contributed by atoms with Gasteiger partial charge in [0.1, 0.15) is 0 Å². The maximum absolute atomic E-state index is 12.2. The van der Waals surface area contributed by atoms with Gasteiger partial charge in [-0.15, -0.1) is 0 Å². The Balaban J connectivity index is 1.71. The molecule has 0 aliphatic heterocycles. The smallest absolute Gasteiger partial charge is 0.202 e. The van der Waals surface area contributed by atoms with Crippen LogP contribution < -0.4 is 0 Å². The SMILES string of the molecule is O=C1C(=O)C2CCC(c3ccccn3)C3CCCC1C23. The molecular weight excluding hydrogens is 250 g/mol. The minimum atomic E-state index is -0.0635. The first-order valence-electron chi connectivity index (χ1n) is 7.76. The van der Waals surface area contributed by atoms with E-state index in [0.29, 0.717) is 17.8 Å². The average molecular weight is 269 g/mol. The van der Waals surface area contributed by atoms with Crippen molar-refractivity contribution in [2.45, 2.75) is 38.0 Å². The van der Waals surface area contributed by atoms with Crippen LogP contribution in [0, 0.1) is 23.7 Å². The van der Waals surface area contributed by atoms with Gasteiger partial charge in [-0.2, -0.15) is 0 Å². The third-order valence-corrected chi connectivity index (χ3v) is 5.77. The second-order valence-corrected chi connectivity index (χ2v) is 6.55. The summed E-state index contributed by atoms with van der Waals surface area (Å²) >= 11 is 0. The van der Waals surface area contributed by atoms with E-state index in [1.807, 2.05) is 18.3 Å². The van der Waals surface area contributed by atoms with Gasteiger partial charge in [-0.3, -0.25) is 14.6 Å². The summed E-state index contributed by atoms with van der Waals surface area (Å²) in [5, 5.41) is 0. The van der Waals surface area contributed by atoms with Gasteiger partial charge in [0, 0.05) is 29.6 Å². The molecule has 3 nitrogen and oxygen atoms in total. The number of nitrogens with zero attached hydrogens (tertiary/aromatic N) is 1. The molecule has 1 aromatic rings. The summed E-state index contributed by atoms with van der Waals surface area (Å²) in [6.45, 7) is 0. The molecule has 0 radical (unpaired) electrons. The first kappa shape index (κ1) is 12.2. The van der Waals surface area contributed by atoms with E-state index in [-0.39, 0.29) is 23.4 Å². The van der Waals surface area contributed by atoms with Crippen LogP contribution in [0.2, 0.25) is 0 Å². The highest BCUT2D eigenvalue weighted by atomic mass is 16.2. The van der Waals surface area contributed by atoms with Crippen LogP contribution in [0.4, 0.5) is 0 Å². The van der Waals surface area contributed by atoms with Gasteiger partial charge in [0.25, 0.3) is 0 Å². The van der Waals surface area contributed by atoms with Crippen molar-refractivity contribution in [1.82, 2.24) is 4.98 Å². The predicted octanol–water partition coefficient (Wildman–Crippen LogP) is 2.76. The Bertz CT molecular complexity index is 537. The lowest BCUT2D eigenvalue weighted by molar-refractivity contribution is -0.137. The Hall–Kier alpha value is -1.51. The van der Waals surface area contributed by atoms with E-state index in [9.17, 15) is 9.59 Å². The molecule has 3 aliphatic rings. The van der Waals surface area contributed by atoms with Crippen LogP contribution in [-0.2, 0) is 9.59 Å². The van der Waals surface area contributed by atoms with E-state index >= 15 is 0 Å². The van der Waals surface area contributed by atoms with Crippen molar-refractivity contribution in [3.8, 4) is 0 Å². The molecule has 3 heteroatoms. The van der Waals surface area contributed by atoms with Gasteiger partial charge in [-0.1, -0.05) is 12.5 Å². The highest BCUT2D eigenvalue weighted by molar-refractivity contribution is 6.41. The van der Waals surface area contributed by atoms with E-state index in [2.05, 4.69) is 11.1 Å². The Morgan fingerprint density at radius 2 is 1.65 bits per heavy atom. The van der Waals surface area contributed by atoms with Crippen LogP contribution in [0.3, 0.4) is 0 Å². The summed E-state index contributed by atoms with van der Waals surface area (Å²) in [5.41, 5.74) is 1.16. The summed E-state index contributed by atoms with van der Waals surface area (Å²) < 4.78 is 0. The first-order valence-corrected chi connectivity index (χ1v) is 7.76. The Kier molecular flexibility index (Phi) is 2.76. The van der Waals surface area contributed by atoms with Crippen LogP contribution in [0.25, 0.3) is 0 Å². The van der Waals surface area contributed by atoms with Crippen LogP contribution >= 0.6 is 0 Å². The standard InChI is InChI=1S/C17H19NO2/c19-16-12-5-3-4-11-10(14-6-1-2-9-18-14)7-8-13(15(11)12)17(16)20/h1-2,6,9-13,15H,3-5,7-8H2. The van der Waals surface area contributed by atoms with E-state index in [4.69, 9.17) is 0 Å². The second kappa shape index (κ2) is 4.51. The molecule has 0 spiro atoms. The van der Waals surface area contributed by atoms with Gasteiger partial charge in [0.05, 0.1) is 0 Å². The third kappa shape index (κ3) is 1.62. The number of carbonyl (C=O) groups excluding carboxylic acids is 2. The monoisotopic (exact) mass is 269 g/mol. The topological polar surface area (TPSA) is 47.0 Å². The third-order valence-electron chi connectivity index (χ3n) is 5.77. The highest BCUT2D eigenvalue weighted by Gasteiger charge is 2.56. The number of aromatic nitrogens is 1. The molecular formula is C17H19NO2. The van der Waals surface area contributed by atoms with Crippen LogP contribution in [0.15, 0.2) is 24.4 Å². The summed E-state index contributed by atoms with van der Waals surface area (Å²) in [5.74, 6) is 1.16. The normalized spacial score (nSPS) is 39.7. The Labute approximate surface area is 118 Å². The first-order chi connectivity index (χ1) is 9.77. The zero-order valence-electron chi connectivity index (χ0n) is 11.5. The van der Waals surface area contributed by atoms with Crippen LogP contribution in [-0.4, -0.2) is 16.6 Å². The molecule has 0 amide bonds. The molecule has 0 N–H and O–H groups in total. The number of pyridine rings is 1. The lowest BCUT2D eigenvalue weighted by Crippen LogP contribution is -2.38. The fraction of sp³-hybridized carbons (Fsp3) is 0.588. The number of Topliss-reactive ketones (excluding diaryl/α,β-unsaturated/α-hetero) is 2. The molecule has 4 rings (SSSR count). The maximum Gasteiger partial charge on any atom is 0.202 e. The fourth-order valence-corrected chi connectivity index (χ4v) is 5.01. The lowest BCUT2D eigenvalue weighted by atomic mass is 9.60. The molecule has 20 heavy (non-hydrogen) atoms. The number of hydrogen-bond donors (Lipinski definition) is 0. The number of rotatable bonds is 1. The van der Waals surface area contributed by atoms with Crippen LogP contribution in [0.5, 0.6) is 0 Å². The molecule has 0 saturated heterocycles. The average Bonchev–Trinajstić information content (AvgIpc) is 2.76. The molecule has 3 aliphatic carbocycles. The highest BCUT2D eigenvalue weighted by Crippen LogP contribution is 2.56. The van der Waals surface area contributed by atoms with E-state index < -0.39 is 0 Å². The van der Waals surface area contributed by atoms with E-state index in [1.165, 1.54) is 0 Å². The van der Waals surface area contributed by atoms with Gasteiger partial charge in [0.2, 0.25) is 11.6 Å². The number of carbonyl (C=O) groups is 2.